The molecular weight excluding hydrogens is 360 g/mol. The molecular formula is C20H22N4O4. The number of carboxylic acid groups (broad SMARTS) is 1. The smallest absolute Gasteiger partial charge is 0.328 e. The first-order chi connectivity index (χ1) is 13.2. The Morgan fingerprint density at radius 2 is 1.96 bits per heavy atom. The Bertz CT molecular complexity index is 900. The fourth-order valence-electron chi connectivity index (χ4n) is 3.54. The van der Waals surface area contributed by atoms with Gasteiger partial charge in [0.15, 0.2) is 6.04 Å². The average molecular weight is 382 g/mol. The number of carbonyl (C=O) groups is 3. The van der Waals surface area contributed by atoms with Crippen LogP contribution in [0.2, 0.25) is 0 Å². The van der Waals surface area contributed by atoms with Gasteiger partial charge in [0.2, 0.25) is 5.91 Å². The van der Waals surface area contributed by atoms with Crippen LogP contribution in [0.4, 0.5) is 10.6 Å². The van der Waals surface area contributed by atoms with Crippen molar-refractivity contribution in [2.24, 2.45) is 5.41 Å². The molecule has 8 nitrogen and oxygen atoms in total. The highest BCUT2D eigenvalue weighted by Gasteiger charge is 2.63. The Morgan fingerprint density at radius 1 is 1.29 bits per heavy atom. The van der Waals surface area contributed by atoms with E-state index < -0.39 is 29.4 Å². The molecule has 3 amide bonds. The summed E-state index contributed by atoms with van der Waals surface area (Å²) in [7, 11) is 0. The van der Waals surface area contributed by atoms with Crippen LogP contribution in [0, 0.1) is 5.41 Å². The second kappa shape index (κ2) is 7.30. The van der Waals surface area contributed by atoms with E-state index in [-0.39, 0.29) is 12.5 Å². The summed E-state index contributed by atoms with van der Waals surface area (Å²) in [6.45, 7) is 3.32. The van der Waals surface area contributed by atoms with Crippen LogP contribution in [-0.4, -0.2) is 38.9 Å². The maximum Gasteiger partial charge on any atom is 0.328 e. The van der Waals surface area contributed by atoms with Crippen molar-refractivity contribution in [2.75, 3.05) is 5.73 Å². The first kappa shape index (κ1) is 19.3. The van der Waals surface area contributed by atoms with Crippen molar-refractivity contribution in [3.63, 3.8) is 0 Å². The fraction of sp³-hybridized carbons (Fsp3) is 0.300. The zero-order chi connectivity index (χ0) is 20.5. The number of nitrogen functional groups attached to an aromatic ring is 1. The van der Waals surface area contributed by atoms with Crippen molar-refractivity contribution in [2.45, 2.75) is 32.4 Å². The first-order valence-electron chi connectivity index (χ1n) is 8.86. The molecule has 2 unspecified atom stereocenters. The van der Waals surface area contributed by atoms with E-state index in [1.807, 2.05) is 30.3 Å². The van der Waals surface area contributed by atoms with Crippen molar-refractivity contribution in [3.8, 4) is 0 Å². The summed E-state index contributed by atoms with van der Waals surface area (Å²) < 4.78 is 0. The highest BCUT2D eigenvalue weighted by molar-refractivity contribution is 6.09. The molecule has 1 aromatic carbocycles. The highest BCUT2D eigenvalue weighted by Crippen LogP contribution is 2.42. The van der Waals surface area contributed by atoms with E-state index in [0.29, 0.717) is 11.4 Å². The SMILES string of the molecule is C[C@@H](NC(=O)N1C(=O)C(C)(Cc2ccc(N)nc2)C1C(=O)O)c1ccccc1. The van der Waals surface area contributed by atoms with Gasteiger partial charge >= 0.3 is 12.0 Å². The van der Waals surface area contributed by atoms with Crippen LogP contribution in [0.1, 0.15) is 31.0 Å². The van der Waals surface area contributed by atoms with Gasteiger partial charge in [0.25, 0.3) is 0 Å². The summed E-state index contributed by atoms with van der Waals surface area (Å²) in [4.78, 5) is 42.0. The second-order valence-electron chi connectivity index (χ2n) is 7.18. The van der Waals surface area contributed by atoms with E-state index in [0.717, 1.165) is 10.5 Å². The molecule has 3 atom stereocenters. The van der Waals surface area contributed by atoms with Gasteiger partial charge in [-0.1, -0.05) is 36.4 Å². The third-order valence-electron chi connectivity index (χ3n) is 5.08. The predicted molar refractivity (Wildman–Crippen MR) is 102 cm³/mol. The van der Waals surface area contributed by atoms with Crippen LogP contribution in [0.5, 0.6) is 0 Å². The van der Waals surface area contributed by atoms with Gasteiger partial charge in [-0.3, -0.25) is 4.79 Å². The van der Waals surface area contributed by atoms with Crippen molar-refractivity contribution in [1.29, 1.82) is 0 Å². The maximum absolute atomic E-state index is 12.8. The number of β-lactam (4-membered cyclic amide) rings is 1. The van der Waals surface area contributed by atoms with Crippen molar-refractivity contribution in [1.82, 2.24) is 15.2 Å². The lowest BCUT2D eigenvalue weighted by Crippen LogP contribution is -2.74. The van der Waals surface area contributed by atoms with E-state index in [1.54, 1.807) is 26.0 Å². The molecule has 1 aliphatic heterocycles. The van der Waals surface area contributed by atoms with Gasteiger partial charge in [0.05, 0.1) is 11.5 Å². The van der Waals surface area contributed by atoms with Gasteiger partial charge in [-0.05, 0) is 37.5 Å². The Hall–Kier alpha value is -3.42. The number of carbonyl (C=O) groups excluding carboxylic acids is 2. The Morgan fingerprint density at radius 3 is 2.54 bits per heavy atom. The minimum absolute atomic E-state index is 0.147. The molecule has 0 spiro atoms. The zero-order valence-electron chi connectivity index (χ0n) is 15.6. The van der Waals surface area contributed by atoms with E-state index in [4.69, 9.17) is 5.73 Å². The number of hydrogen-bond acceptors (Lipinski definition) is 5. The van der Waals surface area contributed by atoms with Gasteiger partial charge in [-0.25, -0.2) is 19.5 Å². The number of benzene rings is 1. The molecule has 4 N–H and O–H groups in total. The number of nitrogens with zero attached hydrogens (tertiary/aromatic N) is 2. The minimum Gasteiger partial charge on any atom is -0.480 e. The Labute approximate surface area is 162 Å². The molecule has 2 heterocycles. The standard InChI is InChI=1S/C20H22N4O4/c1-12(14-6-4-3-5-7-14)23-19(28)24-16(17(25)26)20(2,18(24)27)10-13-8-9-15(21)22-11-13/h3-9,11-12,16H,10H2,1-2H3,(H2,21,22)(H,23,28)(H,25,26)/t12-,16?,20?/m1/s1. The molecule has 1 fully saturated rings. The molecule has 0 aliphatic carbocycles. The number of pyridine rings is 1. The van der Waals surface area contributed by atoms with Gasteiger partial charge in [0.1, 0.15) is 5.82 Å². The molecule has 1 aromatic heterocycles. The van der Waals surface area contributed by atoms with Crippen LogP contribution >= 0.6 is 0 Å². The number of imide groups is 1. The summed E-state index contributed by atoms with van der Waals surface area (Å²) in [6, 6.07) is 10.1. The third-order valence-corrected chi connectivity index (χ3v) is 5.08. The van der Waals surface area contributed by atoms with Gasteiger partial charge < -0.3 is 16.2 Å². The van der Waals surface area contributed by atoms with E-state index >= 15 is 0 Å². The maximum atomic E-state index is 12.8. The van der Waals surface area contributed by atoms with Crippen molar-refractivity contribution < 1.29 is 19.5 Å². The normalized spacial score (nSPS) is 22.3. The number of carboxylic acids is 1. The first-order valence-corrected chi connectivity index (χ1v) is 8.86. The Balaban J connectivity index is 1.77. The molecule has 1 aliphatic rings. The lowest BCUT2D eigenvalue weighted by Gasteiger charge is -2.50. The largest absolute Gasteiger partial charge is 0.480 e. The zero-order valence-corrected chi connectivity index (χ0v) is 15.6. The van der Waals surface area contributed by atoms with Crippen LogP contribution in [0.25, 0.3) is 0 Å². The number of rotatable bonds is 5. The quantitative estimate of drug-likeness (QED) is 0.679. The van der Waals surface area contributed by atoms with Gasteiger partial charge in [-0.2, -0.15) is 0 Å². The monoisotopic (exact) mass is 382 g/mol. The number of aliphatic carboxylic acids is 1. The van der Waals surface area contributed by atoms with E-state index in [2.05, 4.69) is 10.3 Å². The molecule has 0 radical (unpaired) electrons. The summed E-state index contributed by atoms with van der Waals surface area (Å²) in [5, 5.41) is 12.4. The molecule has 1 saturated heterocycles. The number of amides is 3. The fourth-order valence-corrected chi connectivity index (χ4v) is 3.54. The second-order valence-corrected chi connectivity index (χ2v) is 7.18. The lowest BCUT2D eigenvalue weighted by molar-refractivity contribution is -0.176. The van der Waals surface area contributed by atoms with Gasteiger partial charge in [0, 0.05) is 6.20 Å². The molecule has 2 aromatic rings. The van der Waals surface area contributed by atoms with Crippen molar-refractivity contribution in [3.05, 3.63) is 59.8 Å². The van der Waals surface area contributed by atoms with Crippen LogP contribution < -0.4 is 11.1 Å². The van der Waals surface area contributed by atoms with Crippen LogP contribution in [0.15, 0.2) is 48.7 Å². The van der Waals surface area contributed by atoms with Crippen LogP contribution in [-0.2, 0) is 16.0 Å². The van der Waals surface area contributed by atoms with Crippen molar-refractivity contribution >= 4 is 23.7 Å². The summed E-state index contributed by atoms with van der Waals surface area (Å²) in [5.41, 5.74) is 5.85. The predicted octanol–water partition coefficient (Wildman–Crippen LogP) is 1.98. The molecule has 3 rings (SSSR count). The number of nitrogens with one attached hydrogen (secondary N) is 1. The summed E-state index contributed by atoms with van der Waals surface area (Å²) >= 11 is 0. The highest BCUT2D eigenvalue weighted by atomic mass is 16.4. The number of nitrogens with two attached hydrogens (primary N) is 1. The topological polar surface area (TPSA) is 126 Å². The molecule has 146 valence electrons. The van der Waals surface area contributed by atoms with E-state index in [9.17, 15) is 19.5 Å². The summed E-state index contributed by atoms with van der Waals surface area (Å²) in [5.74, 6) is -1.43. The third kappa shape index (κ3) is 3.40. The summed E-state index contributed by atoms with van der Waals surface area (Å²) in [6.07, 6.45) is 1.65. The van der Waals surface area contributed by atoms with Gasteiger partial charge in [-0.15, -0.1) is 0 Å². The Kier molecular flexibility index (Phi) is 5.04. The molecule has 0 saturated carbocycles. The number of urea groups is 1. The minimum atomic E-state index is -1.26. The molecule has 8 heteroatoms. The van der Waals surface area contributed by atoms with E-state index in [1.165, 1.54) is 6.20 Å². The average Bonchev–Trinajstić information content (AvgIpc) is 2.67. The molecule has 28 heavy (non-hydrogen) atoms. The lowest BCUT2D eigenvalue weighted by atomic mass is 9.68. The van der Waals surface area contributed by atoms with Crippen LogP contribution in [0.3, 0.4) is 0 Å². The number of aromatic nitrogens is 1. The molecule has 0 bridgehead atoms. The number of hydrogen-bond donors (Lipinski definition) is 3. The number of anilines is 1. The number of likely N-dealkylation sites (tertiary alicyclic amines) is 1.